The van der Waals surface area contributed by atoms with Gasteiger partial charge in [0.2, 0.25) is 5.91 Å². The Morgan fingerprint density at radius 1 is 1.24 bits per heavy atom. The number of rotatable bonds is 6. The molecular formula is C19H24N4O2. The smallest absolute Gasteiger partial charge is 0.257 e. The molecule has 1 N–H and O–H groups in total. The molecule has 6 heteroatoms. The average molecular weight is 340 g/mol. The number of hydrogen-bond donors (Lipinski definition) is 1. The number of aromatic nitrogens is 2. The SMILES string of the molecule is CC(C)Oc1nccnc1NC[C@H]1CC(=O)N(C)[C@H]1c1ccccc1. The van der Waals surface area contributed by atoms with Crippen molar-refractivity contribution in [1.82, 2.24) is 14.9 Å². The van der Waals surface area contributed by atoms with Crippen LogP contribution in [-0.4, -0.2) is 40.5 Å². The number of nitrogens with one attached hydrogen (secondary N) is 1. The van der Waals surface area contributed by atoms with E-state index in [0.29, 0.717) is 24.7 Å². The Bertz CT molecular complexity index is 720. The molecule has 0 unspecified atom stereocenters. The predicted molar refractivity (Wildman–Crippen MR) is 96.3 cm³/mol. The first kappa shape index (κ1) is 17.2. The molecule has 0 aliphatic carbocycles. The zero-order valence-corrected chi connectivity index (χ0v) is 14.8. The van der Waals surface area contributed by atoms with E-state index in [1.54, 1.807) is 12.4 Å². The fourth-order valence-electron chi connectivity index (χ4n) is 3.26. The van der Waals surface area contributed by atoms with Crippen LogP contribution in [0.2, 0.25) is 0 Å². The second-order valence-corrected chi connectivity index (χ2v) is 6.58. The molecule has 6 nitrogen and oxygen atoms in total. The summed E-state index contributed by atoms with van der Waals surface area (Å²) in [5.74, 6) is 1.43. The van der Waals surface area contributed by atoms with Crippen molar-refractivity contribution in [3.8, 4) is 5.88 Å². The summed E-state index contributed by atoms with van der Waals surface area (Å²) in [6.45, 7) is 4.53. The summed E-state index contributed by atoms with van der Waals surface area (Å²) >= 11 is 0. The Kier molecular flexibility index (Phi) is 5.16. The molecule has 1 saturated heterocycles. The second-order valence-electron chi connectivity index (χ2n) is 6.58. The van der Waals surface area contributed by atoms with Gasteiger partial charge in [-0.05, 0) is 19.4 Å². The van der Waals surface area contributed by atoms with Gasteiger partial charge < -0.3 is 15.0 Å². The van der Waals surface area contributed by atoms with Crippen LogP contribution in [0, 0.1) is 5.92 Å². The molecule has 2 heterocycles. The lowest BCUT2D eigenvalue weighted by Crippen LogP contribution is -2.26. The lowest BCUT2D eigenvalue weighted by molar-refractivity contribution is -0.127. The number of anilines is 1. The third-order valence-electron chi connectivity index (χ3n) is 4.38. The summed E-state index contributed by atoms with van der Waals surface area (Å²) in [7, 11) is 1.87. The van der Waals surface area contributed by atoms with E-state index in [2.05, 4.69) is 27.4 Å². The lowest BCUT2D eigenvalue weighted by Gasteiger charge is -2.26. The van der Waals surface area contributed by atoms with Crippen LogP contribution in [0.5, 0.6) is 5.88 Å². The Hall–Kier alpha value is -2.63. The van der Waals surface area contributed by atoms with E-state index in [0.717, 1.165) is 5.56 Å². The molecule has 1 aliphatic rings. The Morgan fingerprint density at radius 2 is 1.96 bits per heavy atom. The predicted octanol–water partition coefficient (Wildman–Crippen LogP) is 2.90. The second kappa shape index (κ2) is 7.51. The van der Waals surface area contributed by atoms with Crippen molar-refractivity contribution in [2.24, 2.45) is 5.92 Å². The molecule has 1 aromatic carbocycles. The summed E-state index contributed by atoms with van der Waals surface area (Å²) < 4.78 is 5.70. The molecule has 2 atom stereocenters. The molecule has 132 valence electrons. The van der Waals surface area contributed by atoms with E-state index < -0.39 is 0 Å². The number of likely N-dealkylation sites (tertiary alicyclic amines) is 1. The highest BCUT2D eigenvalue weighted by atomic mass is 16.5. The number of carbonyl (C=O) groups excluding carboxylic acids is 1. The molecular weight excluding hydrogens is 316 g/mol. The third-order valence-corrected chi connectivity index (χ3v) is 4.38. The van der Waals surface area contributed by atoms with Crippen LogP contribution in [-0.2, 0) is 4.79 Å². The maximum Gasteiger partial charge on any atom is 0.257 e. The monoisotopic (exact) mass is 340 g/mol. The topological polar surface area (TPSA) is 67.4 Å². The largest absolute Gasteiger partial charge is 0.472 e. The fraction of sp³-hybridized carbons (Fsp3) is 0.421. The van der Waals surface area contributed by atoms with Gasteiger partial charge in [0, 0.05) is 38.3 Å². The van der Waals surface area contributed by atoms with Gasteiger partial charge >= 0.3 is 0 Å². The zero-order chi connectivity index (χ0) is 17.8. The molecule has 0 radical (unpaired) electrons. The number of amides is 1. The van der Waals surface area contributed by atoms with E-state index in [1.165, 1.54) is 0 Å². The zero-order valence-electron chi connectivity index (χ0n) is 14.8. The number of carbonyl (C=O) groups is 1. The standard InChI is InChI=1S/C19H24N4O2/c1-13(2)25-19-18(20-9-10-21-19)22-12-15-11-16(24)23(3)17(15)14-7-5-4-6-8-14/h4-10,13,15,17H,11-12H2,1-3H3,(H,20,22)/t15-,17+/m1/s1. The molecule has 1 fully saturated rings. The van der Waals surface area contributed by atoms with E-state index in [4.69, 9.17) is 4.74 Å². The minimum atomic E-state index is 0.0218. The Morgan fingerprint density at radius 3 is 2.68 bits per heavy atom. The summed E-state index contributed by atoms with van der Waals surface area (Å²) in [5, 5.41) is 3.32. The molecule has 25 heavy (non-hydrogen) atoms. The molecule has 0 spiro atoms. The summed E-state index contributed by atoms with van der Waals surface area (Å²) in [4.78, 5) is 22.7. The minimum Gasteiger partial charge on any atom is -0.472 e. The van der Waals surface area contributed by atoms with Crippen LogP contribution >= 0.6 is 0 Å². The van der Waals surface area contributed by atoms with Crippen molar-refractivity contribution in [2.75, 3.05) is 18.9 Å². The number of nitrogens with zero attached hydrogens (tertiary/aromatic N) is 3. The molecule has 1 amide bonds. The molecule has 0 bridgehead atoms. The van der Waals surface area contributed by atoms with Crippen molar-refractivity contribution < 1.29 is 9.53 Å². The number of ether oxygens (including phenoxy) is 1. The first-order valence-corrected chi connectivity index (χ1v) is 8.58. The molecule has 3 rings (SSSR count). The summed E-state index contributed by atoms with van der Waals surface area (Å²) in [5.41, 5.74) is 1.15. The van der Waals surface area contributed by atoms with Gasteiger partial charge in [-0.25, -0.2) is 9.97 Å². The maximum absolute atomic E-state index is 12.2. The van der Waals surface area contributed by atoms with E-state index in [-0.39, 0.29) is 24.0 Å². The normalized spacial score (nSPS) is 20.2. The van der Waals surface area contributed by atoms with Crippen LogP contribution in [0.15, 0.2) is 42.7 Å². The van der Waals surface area contributed by atoms with Crippen LogP contribution in [0.25, 0.3) is 0 Å². The third kappa shape index (κ3) is 3.90. The van der Waals surface area contributed by atoms with Gasteiger partial charge in [-0.1, -0.05) is 30.3 Å². The van der Waals surface area contributed by atoms with Gasteiger partial charge in [-0.2, -0.15) is 0 Å². The van der Waals surface area contributed by atoms with Crippen LogP contribution in [0.1, 0.15) is 31.9 Å². The maximum atomic E-state index is 12.2. The molecule has 0 saturated carbocycles. The van der Waals surface area contributed by atoms with Gasteiger partial charge in [-0.3, -0.25) is 4.79 Å². The number of benzene rings is 1. The van der Waals surface area contributed by atoms with Gasteiger partial charge in [0.25, 0.3) is 5.88 Å². The first-order chi connectivity index (χ1) is 12.1. The van der Waals surface area contributed by atoms with Gasteiger partial charge in [0.1, 0.15) is 0 Å². The van der Waals surface area contributed by atoms with Crippen molar-refractivity contribution in [3.63, 3.8) is 0 Å². The van der Waals surface area contributed by atoms with Crippen LogP contribution in [0.4, 0.5) is 5.82 Å². The Labute approximate surface area is 148 Å². The van der Waals surface area contributed by atoms with Crippen molar-refractivity contribution in [3.05, 3.63) is 48.3 Å². The summed E-state index contributed by atoms with van der Waals surface area (Å²) in [6.07, 6.45) is 3.79. The van der Waals surface area contributed by atoms with Gasteiger partial charge in [0.15, 0.2) is 5.82 Å². The van der Waals surface area contributed by atoms with Crippen molar-refractivity contribution in [2.45, 2.75) is 32.4 Å². The summed E-state index contributed by atoms with van der Waals surface area (Å²) in [6, 6.07) is 10.2. The minimum absolute atomic E-state index is 0.0218. The van der Waals surface area contributed by atoms with Crippen molar-refractivity contribution >= 4 is 11.7 Å². The highest BCUT2D eigenvalue weighted by molar-refractivity contribution is 5.79. The fourth-order valence-corrected chi connectivity index (χ4v) is 3.26. The van der Waals surface area contributed by atoms with Crippen molar-refractivity contribution in [1.29, 1.82) is 0 Å². The quantitative estimate of drug-likeness (QED) is 0.876. The van der Waals surface area contributed by atoms with E-state index >= 15 is 0 Å². The van der Waals surface area contributed by atoms with E-state index in [1.807, 2.05) is 44.0 Å². The highest BCUT2D eigenvalue weighted by Gasteiger charge is 2.38. The molecule has 1 aliphatic heterocycles. The number of hydrogen-bond acceptors (Lipinski definition) is 5. The van der Waals surface area contributed by atoms with Crippen LogP contribution in [0.3, 0.4) is 0 Å². The molecule has 2 aromatic rings. The van der Waals surface area contributed by atoms with Crippen LogP contribution < -0.4 is 10.1 Å². The van der Waals surface area contributed by atoms with Gasteiger partial charge in [-0.15, -0.1) is 0 Å². The van der Waals surface area contributed by atoms with E-state index in [9.17, 15) is 4.79 Å². The average Bonchev–Trinajstić information content (AvgIpc) is 2.89. The first-order valence-electron chi connectivity index (χ1n) is 8.58. The Balaban J connectivity index is 1.75. The van der Waals surface area contributed by atoms with Gasteiger partial charge in [0.05, 0.1) is 12.1 Å². The highest BCUT2D eigenvalue weighted by Crippen LogP contribution is 2.37. The lowest BCUT2D eigenvalue weighted by atomic mass is 9.93. The molecule has 1 aromatic heterocycles.